The number of rotatable bonds is 7. The van der Waals surface area contributed by atoms with Crippen molar-refractivity contribution in [3.8, 4) is 33.9 Å². The van der Waals surface area contributed by atoms with E-state index < -0.39 is 0 Å². The zero-order valence-electron chi connectivity index (χ0n) is 19.5. The van der Waals surface area contributed by atoms with Gasteiger partial charge in [-0.3, -0.25) is 4.79 Å². The molecule has 2 heterocycles. The van der Waals surface area contributed by atoms with Gasteiger partial charge < -0.3 is 20.5 Å². The zero-order valence-corrected chi connectivity index (χ0v) is 19.5. The zero-order chi connectivity index (χ0) is 24.4. The molecule has 0 spiro atoms. The fourth-order valence-corrected chi connectivity index (χ4v) is 4.64. The number of carbonyl (C=O) groups excluding carboxylic acids is 1. The van der Waals surface area contributed by atoms with Crippen LogP contribution in [0.3, 0.4) is 0 Å². The molecule has 1 saturated carbocycles. The van der Waals surface area contributed by atoms with Gasteiger partial charge in [0.1, 0.15) is 17.6 Å². The lowest BCUT2D eigenvalue weighted by atomic mass is 9.96. The molecule has 0 radical (unpaired) electrons. The standard InChI is InChI=1S/C27H27N5O3/c1-3-22(33)31-19-12-8-18(9-13-19)24-23(25-26(28)29-16-30-32(25)27(24)34-2)17-10-14-21(15-11-17)35-20-6-4-5-7-20/h3,8-16,20H,1,4-7H2,2H3,(H,31,33)(H2,28,29,30). The SMILES string of the molecule is C=CC(=O)Nc1ccc(-c2c(-c3ccc(OC4CCCC4)cc3)c3c(N)ncnn3c2OC)cc1. The maximum atomic E-state index is 11.7. The highest BCUT2D eigenvalue weighted by Gasteiger charge is 2.25. The first kappa shape index (κ1) is 22.5. The van der Waals surface area contributed by atoms with E-state index in [0.29, 0.717) is 22.9 Å². The van der Waals surface area contributed by atoms with Crippen molar-refractivity contribution in [2.24, 2.45) is 0 Å². The Kier molecular flexibility index (Phi) is 6.10. The van der Waals surface area contributed by atoms with Crippen LogP contribution in [-0.2, 0) is 4.79 Å². The van der Waals surface area contributed by atoms with Crippen LogP contribution in [-0.4, -0.2) is 33.7 Å². The Morgan fingerprint density at radius 2 is 1.74 bits per heavy atom. The summed E-state index contributed by atoms with van der Waals surface area (Å²) in [5.41, 5.74) is 11.2. The van der Waals surface area contributed by atoms with E-state index in [1.54, 1.807) is 11.6 Å². The summed E-state index contributed by atoms with van der Waals surface area (Å²) in [6, 6.07) is 15.5. The van der Waals surface area contributed by atoms with Crippen molar-refractivity contribution in [3.05, 3.63) is 67.5 Å². The normalized spacial score (nSPS) is 13.6. The first-order valence-electron chi connectivity index (χ1n) is 11.6. The third-order valence-corrected chi connectivity index (χ3v) is 6.28. The average molecular weight is 470 g/mol. The number of nitrogens with zero attached hydrogens (tertiary/aromatic N) is 3. The number of aromatic nitrogens is 3. The van der Waals surface area contributed by atoms with Gasteiger partial charge in [-0.25, -0.2) is 4.98 Å². The van der Waals surface area contributed by atoms with Gasteiger partial charge in [0.25, 0.3) is 0 Å². The van der Waals surface area contributed by atoms with Crippen molar-refractivity contribution < 1.29 is 14.3 Å². The second-order valence-corrected chi connectivity index (χ2v) is 8.48. The van der Waals surface area contributed by atoms with Crippen LogP contribution < -0.4 is 20.5 Å². The number of nitrogens with one attached hydrogen (secondary N) is 1. The van der Waals surface area contributed by atoms with Crippen LogP contribution in [0.25, 0.3) is 27.8 Å². The molecule has 178 valence electrons. The third-order valence-electron chi connectivity index (χ3n) is 6.28. The molecule has 0 atom stereocenters. The van der Waals surface area contributed by atoms with Crippen molar-refractivity contribution >= 4 is 22.9 Å². The third kappa shape index (κ3) is 4.30. The van der Waals surface area contributed by atoms with Crippen molar-refractivity contribution in [1.29, 1.82) is 0 Å². The summed E-state index contributed by atoms with van der Waals surface area (Å²) < 4.78 is 13.6. The predicted molar refractivity (Wildman–Crippen MR) is 137 cm³/mol. The quantitative estimate of drug-likeness (QED) is 0.365. The molecule has 2 aromatic heterocycles. The average Bonchev–Trinajstić information content (AvgIpc) is 3.51. The number of hydrogen-bond donors (Lipinski definition) is 2. The molecule has 0 unspecified atom stereocenters. The Labute approximate surface area is 203 Å². The van der Waals surface area contributed by atoms with Gasteiger partial charge in [-0.15, -0.1) is 0 Å². The fraction of sp³-hybridized carbons (Fsp3) is 0.222. The molecule has 2 aromatic carbocycles. The second kappa shape index (κ2) is 9.50. The van der Waals surface area contributed by atoms with E-state index in [9.17, 15) is 4.79 Å². The number of ether oxygens (including phenoxy) is 2. The fourth-order valence-electron chi connectivity index (χ4n) is 4.64. The Hall–Kier alpha value is -4.33. The number of nitrogens with two attached hydrogens (primary N) is 1. The molecular weight excluding hydrogens is 442 g/mol. The van der Waals surface area contributed by atoms with Crippen LogP contribution in [0.1, 0.15) is 25.7 Å². The molecular formula is C27H27N5O3. The van der Waals surface area contributed by atoms with Gasteiger partial charge >= 0.3 is 0 Å². The van der Waals surface area contributed by atoms with Crippen LogP contribution in [0.2, 0.25) is 0 Å². The summed E-state index contributed by atoms with van der Waals surface area (Å²) in [5.74, 6) is 1.47. The molecule has 1 aliphatic rings. The van der Waals surface area contributed by atoms with Crippen LogP contribution >= 0.6 is 0 Å². The Bertz CT molecular complexity index is 1370. The molecule has 3 N–H and O–H groups in total. The van der Waals surface area contributed by atoms with Crippen molar-refractivity contribution in [1.82, 2.24) is 14.6 Å². The van der Waals surface area contributed by atoms with Crippen molar-refractivity contribution in [3.63, 3.8) is 0 Å². The molecule has 8 nitrogen and oxygen atoms in total. The van der Waals surface area contributed by atoms with Crippen molar-refractivity contribution in [2.75, 3.05) is 18.2 Å². The Balaban J connectivity index is 1.62. The lowest BCUT2D eigenvalue weighted by Gasteiger charge is -2.14. The minimum Gasteiger partial charge on any atom is -0.490 e. The summed E-state index contributed by atoms with van der Waals surface area (Å²) >= 11 is 0. The lowest BCUT2D eigenvalue weighted by Crippen LogP contribution is -2.10. The minimum absolute atomic E-state index is 0.270. The number of nitrogen functional groups attached to an aromatic ring is 1. The summed E-state index contributed by atoms with van der Waals surface area (Å²) in [6.07, 6.45) is 7.57. The van der Waals surface area contributed by atoms with Crippen molar-refractivity contribution in [2.45, 2.75) is 31.8 Å². The first-order chi connectivity index (χ1) is 17.1. The molecule has 0 aliphatic heterocycles. The monoisotopic (exact) mass is 469 g/mol. The van der Waals surface area contributed by atoms with E-state index in [0.717, 1.165) is 40.8 Å². The maximum absolute atomic E-state index is 11.7. The maximum Gasteiger partial charge on any atom is 0.247 e. The molecule has 1 fully saturated rings. The summed E-state index contributed by atoms with van der Waals surface area (Å²) in [5, 5.41) is 7.17. The predicted octanol–water partition coefficient (Wildman–Crippen LogP) is 5.10. The molecule has 1 amide bonds. The molecule has 0 saturated heterocycles. The number of anilines is 2. The van der Waals surface area contributed by atoms with E-state index in [2.05, 4.69) is 22.0 Å². The number of fused-ring (bicyclic) bond motifs is 1. The summed E-state index contributed by atoms with van der Waals surface area (Å²) in [7, 11) is 1.60. The number of amides is 1. The summed E-state index contributed by atoms with van der Waals surface area (Å²) in [6.45, 7) is 3.49. The number of hydrogen-bond acceptors (Lipinski definition) is 6. The largest absolute Gasteiger partial charge is 0.490 e. The van der Waals surface area contributed by atoms with Crippen LogP contribution in [0.5, 0.6) is 11.6 Å². The number of methoxy groups -OCH3 is 1. The van der Waals surface area contributed by atoms with Gasteiger partial charge in [0.05, 0.1) is 18.8 Å². The van der Waals surface area contributed by atoms with E-state index in [1.807, 2.05) is 48.5 Å². The Morgan fingerprint density at radius 3 is 2.40 bits per heavy atom. The van der Waals surface area contributed by atoms with Gasteiger partial charge in [0.2, 0.25) is 11.8 Å². The molecule has 35 heavy (non-hydrogen) atoms. The topological polar surface area (TPSA) is 104 Å². The molecule has 0 bridgehead atoms. The highest BCUT2D eigenvalue weighted by atomic mass is 16.5. The second-order valence-electron chi connectivity index (χ2n) is 8.48. The van der Waals surface area contributed by atoms with E-state index in [-0.39, 0.29) is 12.0 Å². The Morgan fingerprint density at radius 1 is 1.09 bits per heavy atom. The van der Waals surface area contributed by atoms with Gasteiger partial charge in [-0.05, 0) is 67.2 Å². The van der Waals surface area contributed by atoms with Crippen LogP contribution in [0.4, 0.5) is 11.5 Å². The van der Waals surface area contributed by atoms with Gasteiger partial charge in [-0.1, -0.05) is 30.8 Å². The number of benzene rings is 2. The van der Waals surface area contributed by atoms with Crippen LogP contribution in [0.15, 0.2) is 67.5 Å². The summed E-state index contributed by atoms with van der Waals surface area (Å²) in [4.78, 5) is 15.9. The van der Waals surface area contributed by atoms with Crippen LogP contribution in [0, 0.1) is 0 Å². The van der Waals surface area contributed by atoms with Gasteiger partial charge in [0.15, 0.2) is 5.82 Å². The minimum atomic E-state index is -0.270. The molecule has 5 rings (SSSR count). The van der Waals surface area contributed by atoms with E-state index in [4.69, 9.17) is 15.2 Å². The first-order valence-corrected chi connectivity index (χ1v) is 11.6. The number of carbonyl (C=O) groups is 1. The highest BCUT2D eigenvalue weighted by Crippen LogP contribution is 2.45. The lowest BCUT2D eigenvalue weighted by molar-refractivity contribution is -0.111. The molecule has 1 aliphatic carbocycles. The van der Waals surface area contributed by atoms with Gasteiger partial charge in [-0.2, -0.15) is 9.61 Å². The highest BCUT2D eigenvalue weighted by molar-refractivity contribution is 6.02. The van der Waals surface area contributed by atoms with E-state index >= 15 is 0 Å². The van der Waals surface area contributed by atoms with Gasteiger partial charge in [0, 0.05) is 11.3 Å². The molecule has 8 heteroatoms. The molecule has 4 aromatic rings. The smallest absolute Gasteiger partial charge is 0.247 e. The van der Waals surface area contributed by atoms with E-state index in [1.165, 1.54) is 25.2 Å².